The first-order valence-corrected chi connectivity index (χ1v) is 7.41. The average Bonchev–Trinajstić information content (AvgIpc) is 2.46. The van der Waals surface area contributed by atoms with Gasteiger partial charge in [-0.05, 0) is 19.3 Å². The maximum absolute atomic E-state index is 9.27. The van der Waals surface area contributed by atoms with Gasteiger partial charge in [-0.3, -0.25) is 0 Å². The highest BCUT2D eigenvalue weighted by Gasteiger charge is 2.26. The van der Waals surface area contributed by atoms with E-state index in [0.717, 1.165) is 37.9 Å². The summed E-state index contributed by atoms with van der Waals surface area (Å²) in [6.07, 6.45) is 5.28. The normalized spacial score (nSPS) is 19.8. The molecule has 0 unspecified atom stereocenters. The number of anilines is 2. The lowest BCUT2D eigenvalue weighted by Crippen LogP contribution is -2.42. The molecule has 0 amide bonds. The second-order valence-corrected chi connectivity index (χ2v) is 5.34. The minimum absolute atomic E-state index is 0.160. The Hall–Kier alpha value is -1.40. The Kier molecular flexibility index (Phi) is 4.32. The molecule has 20 heavy (non-hydrogen) atoms. The molecular weight excluding hydrogens is 256 g/mol. The van der Waals surface area contributed by atoms with Crippen LogP contribution in [0, 0.1) is 0 Å². The Morgan fingerprint density at radius 2 is 2.10 bits per heavy atom. The summed E-state index contributed by atoms with van der Waals surface area (Å²) in [5.41, 5.74) is 0. The summed E-state index contributed by atoms with van der Waals surface area (Å²) in [5.74, 6) is 1.89. The summed E-state index contributed by atoms with van der Waals surface area (Å²) >= 11 is 0. The van der Waals surface area contributed by atoms with Crippen molar-refractivity contribution in [3.8, 4) is 0 Å². The van der Waals surface area contributed by atoms with Crippen molar-refractivity contribution in [3.05, 3.63) is 12.4 Å². The van der Waals surface area contributed by atoms with Gasteiger partial charge in [-0.2, -0.15) is 0 Å². The topological polar surface area (TPSA) is 61.7 Å². The molecule has 1 aromatic rings. The maximum atomic E-state index is 9.27. The zero-order valence-electron chi connectivity index (χ0n) is 11.7. The van der Waals surface area contributed by atoms with Gasteiger partial charge in [0.2, 0.25) is 0 Å². The third-order valence-corrected chi connectivity index (χ3v) is 4.12. The van der Waals surface area contributed by atoms with Crippen LogP contribution < -0.4 is 9.80 Å². The average molecular weight is 278 g/mol. The van der Waals surface area contributed by atoms with E-state index in [9.17, 15) is 5.11 Å². The van der Waals surface area contributed by atoms with Crippen molar-refractivity contribution in [1.29, 1.82) is 0 Å². The largest absolute Gasteiger partial charge is 0.395 e. The Labute approximate surface area is 119 Å². The van der Waals surface area contributed by atoms with Crippen LogP contribution in [-0.2, 0) is 4.74 Å². The predicted octanol–water partition coefficient (Wildman–Crippen LogP) is 0.664. The second-order valence-electron chi connectivity index (χ2n) is 5.34. The molecule has 1 aliphatic carbocycles. The first-order chi connectivity index (χ1) is 9.88. The summed E-state index contributed by atoms with van der Waals surface area (Å²) in [5, 5.41) is 9.27. The van der Waals surface area contributed by atoms with E-state index in [1.165, 1.54) is 19.3 Å². The molecule has 6 heteroatoms. The number of hydrogen-bond acceptors (Lipinski definition) is 6. The summed E-state index contributed by atoms with van der Waals surface area (Å²) < 4.78 is 5.37. The molecule has 2 aliphatic rings. The van der Waals surface area contributed by atoms with E-state index < -0.39 is 0 Å². The number of aliphatic hydroxyl groups excluding tert-OH is 1. The van der Waals surface area contributed by atoms with Crippen LogP contribution >= 0.6 is 0 Å². The highest BCUT2D eigenvalue weighted by atomic mass is 16.5. The minimum Gasteiger partial charge on any atom is -0.395 e. The highest BCUT2D eigenvalue weighted by molar-refractivity contribution is 5.51. The highest BCUT2D eigenvalue weighted by Crippen LogP contribution is 2.29. The molecule has 6 nitrogen and oxygen atoms in total. The monoisotopic (exact) mass is 278 g/mol. The van der Waals surface area contributed by atoms with E-state index in [1.807, 2.05) is 6.07 Å². The molecule has 2 heterocycles. The van der Waals surface area contributed by atoms with Crippen LogP contribution in [0.1, 0.15) is 19.3 Å². The SMILES string of the molecule is OCCN(c1cc(N2CCOCC2)ncn1)C1CCC1. The second kappa shape index (κ2) is 6.37. The first-order valence-electron chi connectivity index (χ1n) is 7.41. The number of aliphatic hydroxyl groups is 1. The standard InChI is InChI=1S/C14H22N4O2/c19-7-4-18(12-2-1-3-12)14-10-13(15-11-16-14)17-5-8-20-9-6-17/h10-12,19H,1-9H2. The van der Waals surface area contributed by atoms with Gasteiger partial charge < -0.3 is 19.6 Å². The van der Waals surface area contributed by atoms with Gasteiger partial charge in [0.05, 0.1) is 19.8 Å². The number of rotatable bonds is 5. The van der Waals surface area contributed by atoms with Gasteiger partial charge in [-0.15, -0.1) is 0 Å². The van der Waals surface area contributed by atoms with E-state index in [0.29, 0.717) is 12.6 Å². The minimum atomic E-state index is 0.160. The van der Waals surface area contributed by atoms with Gasteiger partial charge in [0.1, 0.15) is 18.0 Å². The van der Waals surface area contributed by atoms with E-state index >= 15 is 0 Å². The Morgan fingerprint density at radius 3 is 2.75 bits per heavy atom. The number of hydrogen-bond donors (Lipinski definition) is 1. The van der Waals surface area contributed by atoms with Crippen LogP contribution in [0.25, 0.3) is 0 Å². The summed E-state index contributed by atoms with van der Waals surface area (Å²) in [6.45, 7) is 4.06. The van der Waals surface area contributed by atoms with Crippen molar-refractivity contribution in [2.75, 3.05) is 49.3 Å². The molecule has 1 N–H and O–H groups in total. The third-order valence-electron chi connectivity index (χ3n) is 4.12. The molecule has 1 saturated heterocycles. The van der Waals surface area contributed by atoms with E-state index in [1.54, 1.807) is 6.33 Å². The summed E-state index contributed by atoms with van der Waals surface area (Å²) in [4.78, 5) is 13.2. The summed E-state index contributed by atoms with van der Waals surface area (Å²) in [6, 6.07) is 2.56. The van der Waals surface area contributed by atoms with Crippen molar-refractivity contribution in [2.45, 2.75) is 25.3 Å². The van der Waals surface area contributed by atoms with Crippen LogP contribution in [0.3, 0.4) is 0 Å². The van der Waals surface area contributed by atoms with E-state index in [-0.39, 0.29) is 6.61 Å². The molecule has 0 bridgehead atoms. The number of morpholine rings is 1. The fraction of sp³-hybridized carbons (Fsp3) is 0.714. The van der Waals surface area contributed by atoms with Crippen molar-refractivity contribution >= 4 is 11.6 Å². The fourth-order valence-electron chi connectivity index (χ4n) is 2.75. The molecule has 0 spiro atoms. The van der Waals surface area contributed by atoms with Crippen LogP contribution in [0.5, 0.6) is 0 Å². The quantitative estimate of drug-likeness (QED) is 0.854. The van der Waals surface area contributed by atoms with Gasteiger partial charge in [0.25, 0.3) is 0 Å². The van der Waals surface area contributed by atoms with E-state index in [4.69, 9.17) is 4.74 Å². The molecule has 3 rings (SSSR count). The van der Waals surface area contributed by atoms with Gasteiger partial charge in [0, 0.05) is 31.7 Å². The summed E-state index contributed by atoms with van der Waals surface area (Å²) in [7, 11) is 0. The zero-order valence-corrected chi connectivity index (χ0v) is 11.7. The Bertz CT molecular complexity index is 433. The van der Waals surface area contributed by atoms with Gasteiger partial charge >= 0.3 is 0 Å². The van der Waals surface area contributed by atoms with E-state index in [2.05, 4.69) is 19.8 Å². The Balaban J connectivity index is 1.77. The lowest BCUT2D eigenvalue weighted by atomic mass is 9.91. The van der Waals surface area contributed by atoms with Crippen molar-refractivity contribution in [3.63, 3.8) is 0 Å². The maximum Gasteiger partial charge on any atom is 0.134 e. The Morgan fingerprint density at radius 1 is 1.30 bits per heavy atom. The molecule has 1 aliphatic heterocycles. The third kappa shape index (κ3) is 2.86. The molecule has 0 radical (unpaired) electrons. The fourth-order valence-corrected chi connectivity index (χ4v) is 2.75. The molecule has 2 fully saturated rings. The lowest BCUT2D eigenvalue weighted by molar-refractivity contribution is 0.122. The van der Waals surface area contributed by atoms with Gasteiger partial charge in [0.15, 0.2) is 0 Å². The smallest absolute Gasteiger partial charge is 0.134 e. The number of nitrogens with zero attached hydrogens (tertiary/aromatic N) is 4. The van der Waals surface area contributed by atoms with Crippen LogP contribution in [-0.4, -0.2) is 60.6 Å². The molecule has 1 aromatic heterocycles. The van der Waals surface area contributed by atoms with Gasteiger partial charge in [-0.1, -0.05) is 0 Å². The molecule has 0 aromatic carbocycles. The molecular formula is C14H22N4O2. The lowest BCUT2D eigenvalue weighted by Gasteiger charge is -2.38. The van der Waals surface area contributed by atoms with Crippen LogP contribution in [0.2, 0.25) is 0 Å². The zero-order chi connectivity index (χ0) is 13.8. The van der Waals surface area contributed by atoms with Gasteiger partial charge in [-0.25, -0.2) is 9.97 Å². The van der Waals surface area contributed by atoms with Crippen molar-refractivity contribution in [2.24, 2.45) is 0 Å². The predicted molar refractivity (Wildman–Crippen MR) is 77.1 cm³/mol. The molecule has 110 valence electrons. The van der Waals surface area contributed by atoms with Crippen LogP contribution in [0.4, 0.5) is 11.6 Å². The number of aromatic nitrogens is 2. The molecule has 0 atom stereocenters. The first kappa shape index (κ1) is 13.6. The van der Waals surface area contributed by atoms with Crippen molar-refractivity contribution < 1.29 is 9.84 Å². The van der Waals surface area contributed by atoms with Crippen LogP contribution in [0.15, 0.2) is 12.4 Å². The van der Waals surface area contributed by atoms with Crippen molar-refractivity contribution in [1.82, 2.24) is 9.97 Å². The number of ether oxygens (including phenoxy) is 1. The molecule has 1 saturated carbocycles.